The van der Waals surface area contributed by atoms with E-state index in [1.54, 1.807) is 13.8 Å². The zero-order valence-corrected chi connectivity index (χ0v) is 11.2. The summed E-state index contributed by atoms with van der Waals surface area (Å²) in [6.07, 6.45) is 1.08. The summed E-state index contributed by atoms with van der Waals surface area (Å²) < 4.78 is 27.3. The molecular formula is C12H14O5S. The van der Waals surface area contributed by atoms with E-state index in [2.05, 4.69) is 4.74 Å². The number of hydrogen-bond acceptors (Lipinski definition) is 5. The Balaban J connectivity index is 3.14. The van der Waals surface area contributed by atoms with E-state index in [1.165, 1.54) is 18.2 Å². The first kappa shape index (κ1) is 14.4. The standard InChI is InChI=1S/C12H14O5S/c1-4-17-12(14)11(13)10-6-5-9(7-8(10)2)18(3,15)16/h5-7H,4H2,1-3H3. The highest BCUT2D eigenvalue weighted by atomic mass is 32.2. The lowest BCUT2D eigenvalue weighted by molar-refractivity contribution is -0.137. The van der Waals surface area contributed by atoms with Crippen molar-refractivity contribution in [2.24, 2.45) is 0 Å². The number of carbonyl (C=O) groups excluding carboxylic acids is 2. The molecule has 0 fully saturated rings. The van der Waals surface area contributed by atoms with Crippen LogP contribution in [0.2, 0.25) is 0 Å². The fraction of sp³-hybridized carbons (Fsp3) is 0.333. The first-order valence-electron chi connectivity index (χ1n) is 5.29. The number of rotatable bonds is 4. The van der Waals surface area contributed by atoms with E-state index < -0.39 is 21.6 Å². The monoisotopic (exact) mass is 270 g/mol. The second kappa shape index (κ2) is 5.30. The molecule has 1 aromatic rings. The van der Waals surface area contributed by atoms with E-state index >= 15 is 0 Å². The molecule has 0 radical (unpaired) electrons. The number of hydrogen-bond donors (Lipinski definition) is 0. The van der Waals surface area contributed by atoms with Crippen LogP contribution >= 0.6 is 0 Å². The summed E-state index contributed by atoms with van der Waals surface area (Å²) in [5, 5.41) is 0. The first-order chi connectivity index (χ1) is 8.27. The second-order valence-electron chi connectivity index (χ2n) is 3.80. The summed E-state index contributed by atoms with van der Waals surface area (Å²) in [4.78, 5) is 23.1. The van der Waals surface area contributed by atoms with Gasteiger partial charge in [0.2, 0.25) is 0 Å². The molecule has 98 valence electrons. The van der Waals surface area contributed by atoms with Crippen molar-refractivity contribution in [2.45, 2.75) is 18.7 Å². The minimum Gasteiger partial charge on any atom is -0.460 e. The summed E-state index contributed by atoms with van der Waals surface area (Å²) in [6, 6.07) is 3.99. The number of ether oxygens (including phenoxy) is 1. The van der Waals surface area contributed by atoms with Gasteiger partial charge in [-0.1, -0.05) is 0 Å². The molecule has 0 N–H and O–H groups in total. The number of aryl methyl sites for hydroxylation is 1. The van der Waals surface area contributed by atoms with Crippen LogP contribution in [0.5, 0.6) is 0 Å². The van der Waals surface area contributed by atoms with Crippen molar-refractivity contribution in [3.8, 4) is 0 Å². The van der Waals surface area contributed by atoms with Crippen molar-refractivity contribution < 1.29 is 22.7 Å². The van der Waals surface area contributed by atoms with Crippen molar-refractivity contribution in [1.82, 2.24) is 0 Å². The van der Waals surface area contributed by atoms with Gasteiger partial charge in [0.25, 0.3) is 5.78 Å². The molecule has 0 saturated carbocycles. The second-order valence-corrected chi connectivity index (χ2v) is 5.81. The summed E-state index contributed by atoms with van der Waals surface area (Å²) in [7, 11) is -3.33. The average Bonchev–Trinajstić information content (AvgIpc) is 2.27. The average molecular weight is 270 g/mol. The molecule has 0 amide bonds. The highest BCUT2D eigenvalue weighted by Crippen LogP contribution is 2.16. The van der Waals surface area contributed by atoms with Crippen LogP contribution in [0.1, 0.15) is 22.8 Å². The van der Waals surface area contributed by atoms with Crippen molar-refractivity contribution in [3.63, 3.8) is 0 Å². The zero-order chi connectivity index (χ0) is 13.9. The minimum atomic E-state index is -3.33. The maximum Gasteiger partial charge on any atom is 0.379 e. The van der Waals surface area contributed by atoms with Gasteiger partial charge in [-0.25, -0.2) is 13.2 Å². The van der Waals surface area contributed by atoms with E-state index in [-0.39, 0.29) is 17.1 Å². The summed E-state index contributed by atoms with van der Waals surface area (Å²) in [5.74, 6) is -1.71. The van der Waals surface area contributed by atoms with Crippen molar-refractivity contribution >= 4 is 21.6 Å². The van der Waals surface area contributed by atoms with Gasteiger partial charge in [0.15, 0.2) is 9.84 Å². The molecule has 0 aliphatic rings. The molecule has 0 atom stereocenters. The molecule has 0 heterocycles. The maximum atomic E-state index is 11.7. The van der Waals surface area contributed by atoms with Gasteiger partial charge in [-0.05, 0) is 37.6 Å². The number of Topliss-reactive ketones (excluding diaryl/α,β-unsaturated/α-hetero) is 1. The van der Waals surface area contributed by atoms with Gasteiger partial charge in [-0.3, -0.25) is 4.79 Å². The Morgan fingerprint density at radius 2 is 1.89 bits per heavy atom. The van der Waals surface area contributed by atoms with Gasteiger partial charge >= 0.3 is 5.97 Å². The number of esters is 1. The highest BCUT2D eigenvalue weighted by molar-refractivity contribution is 7.90. The van der Waals surface area contributed by atoms with E-state index in [0.717, 1.165) is 6.26 Å². The molecule has 0 aliphatic carbocycles. The van der Waals surface area contributed by atoms with Crippen molar-refractivity contribution in [1.29, 1.82) is 0 Å². The molecule has 0 aliphatic heterocycles. The number of benzene rings is 1. The molecule has 0 spiro atoms. The maximum absolute atomic E-state index is 11.7. The largest absolute Gasteiger partial charge is 0.460 e. The SMILES string of the molecule is CCOC(=O)C(=O)c1ccc(S(C)(=O)=O)cc1C. The predicted molar refractivity (Wildman–Crippen MR) is 65.3 cm³/mol. The van der Waals surface area contributed by atoms with Gasteiger partial charge in [0.05, 0.1) is 11.5 Å². The number of sulfone groups is 1. The molecule has 5 nitrogen and oxygen atoms in total. The highest BCUT2D eigenvalue weighted by Gasteiger charge is 2.20. The lowest BCUT2D eigenvalue weighted by Crippen LogP contribution is -2.18. The van der Waals surface area contributed by atoms with Crippen LogP contribution in [-0.2, 0) is 19.4 Å². The van der Waals surface area contributed by atoms with E-state index in [0.29, 0.717) is 5.56 Å². The Morgan fingerprint density at radius 1 is 1.28 bits per heavy atom. The smallest absolute Gasteiger partial charge is 0.379 e. The van der Waals surface area contributed by atoms with Crippen LogP contribution in [0, 0.1) is 6.92 Å². The molecule has 1 rings (SSSR count). The van der Waals surface area contributed by atoms with E-state index in [1.807, 2.05) is 0 Å². The molecule has 6 heteroatoms. The lowest BCUT2D eigenvalue weighted by atomic mass is 10.1. The van der Waals surface area contributed by atoms with E-state index in [9.17, 15) is 18.0 Å². The third kappa shape index (κ3) is 3.16. The first-order valence-corrected chi connectivity index (χ1v) is 7.18. The normalized spacial score (nSPS) is 11.1. The van der Waals surface area contributed by atoms with Crippen molar-refractivity contribution in [2.75, 3.05) is 12.9 Å². The molecule has 0 saturated heterocycles. The van der Waals surface area contributed by atoms with Gasteiger partial charge in [0, 0.05) is 11.8 Å². The third-order valence-electron chi connectivity index (χ3n) is 2.33. The van der Waals surface area contributed by atoms with Crippen LogP contribution in [0.3, 0.4) is 0 Å². The fourth-order valence-corrected chi connectivity index (χ4v) is 2.13. The Kier molecular flexibility index (Phi) is 4.24. The van der Waals surface area contributed by atoms with Crippen LogP contribution in [-0.4, -0.2) is 33.0 Å². The molecule has 18 heavy (non-hydrogen) atoms. The molecule has 1 aromatic carbocycles. The molecule has 0 aromatic heterocycles. The van der Waals surface area contributed by atoms with Crippen molar-refractivity contribution in [3.05, 3.63) is 29.3 Å². The summed E-state index contributed by atoms with van der Waals surface area (Å²) in [6.45, 7) is 3.29. The van der Waals surface area contributed by atoms with E-state index in [4.69, 9.17) is 0 Å². The summed E-state index contributed by atoms with van der Waals surface area (Å²) >= 11 is 0. The number of ketones is 1. The lowest BCUT2D eigenvalue weighted by Gasteiger charge is -2.06. The zero-order valence-electron chi connectivity index (χ0n) is 10.4. The van der Waals surface area contributed by atoms with Gasteiger partial charge in [0.1, 0.15) is 0 Å². The molecule has 0 unspecified atom stereocenters. The Bertz CT molecular complexity index is 586. The summed E-state index contributed by atoms with van der Waals surface area (Å²) in [5.41, 5.74) is 0.580. The topological polar surface area (TPSA) is 77.5 Å². The van der Waals surface area contributed by atoms with Crippen LogP contribution in [0.15, 0.2) is 23.1 Å². The molecule has 0 bridgehead atoms. The van der Waals surface area contributed by atoms with Gasteiger partial charge in [-0.2, -0.15) is 0 Å². The van der Waals surface area contributed by atoms with Crippen LogP contribution in [0.4, 0.5) is 0 Å². The quantitative estimate of drug-likeness (QED) is 0.466. The van der Waals surface area contributed by atoms with Gasteiger partial charge < -0.3 is 4.74 Å². The predicted octanol–water partition coefficient (Wildman–Crippen LogP) is 1.14. The Labute approximate surface area is 106 Å². The number of carbonyl (C=O) groups is 2. The third-order valence-corrected chi connectivity index (χ3v) is 3.44. The van der Waals surface area contributed by atoms with Gasteiger partial charge in [-0.15, -0.1) is 0 Å². The molecular weight excluding hydrogens is 256 g/mol. The van der Waals surface area contributed by atoms with Crippen LogP contribution in [0.25, 0.3) is 0 Å². The van der Waals surface area contributed by atoms with Crippen LogP contribution < -0.4 is 0 Å². The Hall–Kier alpha value is -1.69. The fourth-order valence-electron chi connectivity index (χ4n) is 1.43. The Morgan fingerprint density at radius 3 is 2.33 bits per heavy atom. The minimum absolute atomic E-state index is 0.111.